The summed E-state index contributed by atoms with van der Waals surface area (Å²) in [6.07, 6.45) is 5.10. The third kappa shape index (κ3) is 3.07. The number of hydrogen-bond acceptors (Lipinski definition) is 5. The number of sulfone groups is 1. The average molecular weight is 258 g/mol. The SMILES string of the molecule is NCCc1coc(CC2CCCCS2(=O)=O)n1. The normalized spacial score (nSPS) is 23.7. The number of nitrogens with two attached hydrogens (primary N) is 1. The van der Waals surface area contributed by atoms with Crippen molar-refractivity contribution >= 4 is 9.84 Å². The van der Waals surface area contributed by atoms with Crippen LogP contribution in [0.4, 0.5) is 0 Å². The third-order valence-electron chi connectivity index (χ3n) is 3.11. The minimum Gasteiger partial charge on any atom is -0.449 e. The molecule has 0 bridgehead atoms. The van der Waals surface area contributed by atoms with Gasteiger partial charge in [0.25, 0.3) is 0 Å². The topological polar surface area (TPSA) is 86.2 Å². The van der Waals surface area contributed by atoms with E-state index < -0.39 is 9.84 Å². The van der Waals surface area contributed by atoms with E-state index >= 15 is 0 Å². The molecule has 0 spiro atoms. The maximum Gasteiger partial charge on any atom is 0.195 e. The summed E-state index contributed by atoms with van der Waals surface area (Å²) < 4.78 is 28.9. The van der Waals surface area contributed by atoms with E-state index in [0.717, 1.165) is 25.0 Å². The van der Waals surface area contributed by atoms with Gasteiger partial charge < -0.3 is 10.2 Å². The first-order valence-corrected chi connectivity index (χ1v) is 7.68. The molecule has 5 nitrogen and oxygen atoms in total. The highest BCUT2D eigenvalue weighted by Gasteiger charge is 2.30. The molecule has 0 amide bonds. The molecule has 0 aliphatic carbocycles. The second-order valence-corrected chi connectivity index (χ2v) is 6.86. The molecule has 0 aromatic carbocycles. The number of aromatic nitrogens is 1. The Balaban J connectivity index is 2.04. The van der Waals surface area contributed by atoms with Crippen molar-refractivity contribution in [2.75, 3.05) is 12.3 Å². The summed E-state index contributed by atoms with van der Waals surface area (Å²) in [6, 6.07) is 0. The Morgan fingerprint density at radius 1 is 1.47 bits per heavy atom. The summed E-state index contributed by atoms with van der Waals surface area (Å²) in [7, 11) is -2.95. The molecule has 0 radical (unpaired) electrons. The molecule has 1 fully saturated rings. The van der Waals surface area contributed by atoms with Crippen molar-refractivity contribution in [3.05, 3.63) is 17.8 Å². The predicted molar refractivity (Wildman–Crippen MR) is 64.4 cm³/mol. The van der Waals surface area contributed by atoms with Crippen molar-refractivity contribution in [3.8, 4) is 0 Å². The number of nitrogens with zero attached hydrogens (tertiary/aromatic N) is 1. The van der Waals surface area contributed by atoms with Gasteiger partial charge in [0.1, 0.15) is 6.26 Å². The average Bonchev–Trinajstić information content (AvgIpc) is 2.70. The summed E-state index contributed by atoms with van der Waals surface area (Å²) in [5, 5.41) is -0.319. The molecule has 1 unspecified atom stereocenters. The lowest BCUT2D eigenvalue weighted by Crippen LogP contribution is -2.30. The number of rotatable bonds is 4. The molecule has 1 aromatic heterocycles. The fourth-order valence-corrected chi connectivity index (χ4v) is 4.01. The molecular formula is C11H18N2O3S. The number of oxazole rings is 1. The highest BCUT2D eigenvalue weighted by Crippen LogP contribution is 2.22. The van der Waals surface area contributed by atoms with Crippen LogP contribution in [0.25, 0.3) is 0 Å². The van der Waals surface area contributed by atoms with Crippen LogP contribution in [0.15, 0.2) is 10.7 Å². The molecule has 2 heterocycles. The maximum absolute atomic E-state index is 11.8. The first-order valence-electron chi connectivity index (χ1n) is 5.97. The van der Waals surface area contributed by atoms with Crippen molar-refractivity contribution < 1.29 is 12.8 Å². The minimum absolute atomic E-state index is 0.300. The van der Waals surface area contributed by atoms with E-state index in [1.807, 2.05) is 0 Å². The zero-order chi connectivity index (χ0) is 12.3. The highest BCUT2D eigenvalue weighted by molar-refractivity contribution is 7.92. The van der Waals surface area contributed by atoms with Crippen LogP contribution < -0.4 is 5.73 Å². The minimum atomic E-state index is -2.95. The van der Waals surface area contributed by atoms with Gasteiger partial charge in [0.05, 0.1) is 16.7 Å². The fourth-order valence-electron chi connectivity index (χ4n) is 2.15. The van der Waals surface area contributed by atoms with Gasteiger partial charge in [-0.3, -0.25) is 0 Å². The van der Waals surface area contributed by atoms with Crippen LogP contribution in [0.3, 0.4) is 0 Å². The van der Waals surface area contributed by atoms with Crippen LogP contribution >= 0.6 is 0 Å². The quantitative estimate of drug-likeness (QED) is 0.858. The van der Waals surface area contributed by atoms with Crippen molar-refractivity contribution in [3.63, 3.8) is 0 Å². The molecular weight excluding hydrogens is 240 g/mol. The van der Waals surface area contributed by atoms with E-state index in [-0.39, 0.29) is 5.25 Å². The molecule has 1 aliphatic heterocycles. The van der Waals surface area contributed by atoms with Crippen LogP contribution in [0.5, 0.6) is 0 Å². The van der Waals surface area contributed by atoms with Gasteiger partial charge in [0.15, 0.2) is 15.7 Å². The van der Waals surface area contributed by atoms with Gasteiger partial charge in [-0.15, -0.1) is 0 Å². The summed E-state index contributed by atoms with van der Waals surface area (Å²) >= 11 is 0. The number of hydrogen-bond donors (Lipinski definition) is 1. The summed E-state index contributed by atoms with van der Waals surface area (Å²) in [4.78, 5) is 4.25. The molecule has 1 saturated heterocycles. The Kier molecular flexibility index (Phi) is 3.83. The van der Waals surface area contributed by atoms with Gasteiger partial charge in [0.2, 0.25) is 0 Å². The van der Waals surface area contributed by atoms with Crippen LogP contribution in [0.2, 0.25) is 0 Å². The van der Waals surface area contributed by atoms with Crippen molar-refractivity contribution in [2.24, 2.45) is 5.73 Å². The largest absolute Gasteiger partial charge is 0.449 e. The van der Waals surface area contributed by atoms with E-state index in [1.54, 1.807) is 6.26 Å². The molecule has 17 heavy (non-hydrogen) atoms. The molecule has 6 heteroatoms. The Morgan fingerprint density at radius 3 is 3.00 bits per heavy atom. The standard InChI is InChI=1S/C11H18N2O3S/c12-5-4-9-8-16-11(13-9)7-10-3-1-2-6-17(10,14)15/h8,10H,1-7,12H2. The van der Waals surface area contributed by atoms with Gasteiger partial charge in [-0.25, -0.2) is 13.4 Å². The van der Waals surface area contributed by atoms with Gasteiger partial charge in [-0.05, 0) is 19.4 Å². The molecule has 1 atom stereocenters. The van der Waals surface area contributed by atoms with Crippen LogP contribution in [0.1, 0.15) is 30.8 Å². The van der Waals surface area contributed by atoms with Gasteiger partial charge >= 0.3 is 0 Å². The monoisotopic (exact) mass is 258 g/mol. The molecule has 1 aliphatic rings. The first kappa shape index (κ1) is 12.6. The van der Waals surface area contributed by atoms with E-state index in [4.69, 9.17) is 10.2 Å². The third-order valence-corrected chi connectivity index (χ3v) is 5.39. The van der Waals surface area contributed by atoms with Crippen LogP contribution in [-0.2, 0) is 22.7 Å². The van der Waals surface area contributed by atoms with Crippen LogP contribution in [0, 0.1) is 0 Å². The lowest BCUT2D eigenvalue weighted by atomic mass is 10.1. The first-order chi connectivity index (χ1) is 8.12. The van der Waals surface area contributed by atoms with Crippen molar-refractivity contribution in [2.45, 2.75) is 37.4 Å². The summed E-state index contributed by atoms with van der Waals surface area (Å²) in [5.41, 5.74) is 6.22. The molecule has 1 aromatic rings. The fraction of sp³-hybridized carbons (Fsp3) is 0.727. The Morgan fingerprint density at radius 2 is 2.29 bits per heavy atom. The molecule has 2 rings (SSSR count). The lowest BCUT2D eigenvalue weighted by molar-refractivity contribution is 0.466. The second-order valence-electron chi connectivity index (χ2n) is 4.46. The Bertz CT molecular complexity index is 467. The Labute approximate surface area is 101 Å². The van der Waals surface area contributed by atoms with E-state index in [1.165, 1.54) is 0 Å². The second kappa shape index (κ2) is 5.18. The highest BCUT2D eigenvalue weighted by atomic mass is 32.2. The maximum atomic E-state index is 11.8. The zero-order valence-electron chi connectivity index (χ0n) is 9.76. The Hall–Kier alpha value is -0.880. The molecule has 96 valence electrons. The van der Waals surface area contributed by atoms with E-state index in [0.29, 0.717) is 31.0 Å². The van der Waals surface area contributed by atoms with Crippen LogP contribution in [-0.4, -0.2) is 30.9 Å². The van der Waals surface area contributed by atoms with E-state index in [2.05, 4.69) is 4.98 Å². The van der Waals surface area contributed by atoms with Crippen molar-refractivity contribution in [1.82, 2.24) is 4.98 Å². The molecule has 2 N–H and O–H groups in total. The summed E-state index contributed by atoms with van der Waals surface area (Å²) in [6.45, 7) is 0.522. The smallest absolute Gasteiger partial charge is 0.195 e. The van der Waals surface area contributed by atoms with Gasteiger partial charge in [-0.1, -0.05) is 6.42 Å². The lowest BCUT2D eigenvalue weighted by Gasteiger charge is -2.20. The van der Waals surface area contributed by atoms with Crippen molar-refractivity contribution in [1.29, 1.82) is 0 Å². The van der Waals surface area contributed by atoms with Gasteiger partial charge in [-0.2, -0.15) is 0 Å². The predicted octanol–water partition coefficient (Wildman–Crippen LogP) is 0.686. The van der Waals surface area contributed by atoms with Gasteiger partial charge in [0, 0.05) is 12.8 Å². The molecule has 0 saturated carbocycles. The summed E-state index contributed by atoms with van der Waals surface area (Å²) in [5.74, 6) is 0.817. The zero-order valence-corrected chi connectivity index (χ0v) is 10.6. The van der Waals surface area contributed by atoms with E-state index in [9.17, 15) is 8.42 Å².